The molecular formula is C12H18N2O2S. The fourth-order valence-electron chi connectivity index (χ4n) is 2.10. The highest BCUT2D eigenvalue weighted by molar-refractivity contribution is 7.15. The van der Waals surface area contributed by atoms with E-state index in [1.807, 2.05) is 6.92 Å². The van der Waals surface area contributed by atoms with E-state index in [1.165, 1.54) is 12.0 Å². The van der Waals surface area contributed by atoms with Crippen LogP contribution in [0, 0.1) is 19.8 Å². The average molecular weight is 254 g/mol. The molecule has 0 radical (unpaired) electrons. The molecule has 1 aliphatic heterocycles. The Bertz CT molecular complexity index is 397. The normalized spacial score (nSPS) is 20.4. The summed E-state index contributed by atoms with van der Waals surface area (Å²) in [6.07, 6.45) is 1.95. The van der Waals surface area contributed by atoms with E-state index in [-0.39, 0.29) is 11.9 Å². The summed E-state index contributed by atoms with van der Waals surface area (Å²) >= 11 is 1.70. The maximum atomic E-state index is 11.5. The lowest BCUT2D eigenvalue weighted by Gasteiger charge is -2.30. The maximum absolute atomic E-state index is 11.5. The van der Waals surface area contributed by atoms with Crippen molar-refractivity contribution in [2.75, 3.05) is 25.1 Å². The van der Waals surface area contributed by atoms with Gasteiger partial charge in [0.25, 0.3) is 0 Å². The van der Waals surface area contributed by atoms with Gasteiger partial charge in [0, 0.05) is 18.0 Å². The number of aromatic nitrogens is 1. The fraction of sp³-hybridized carbons (Fsp3) is 0.667. The molecule has 0 saturated carbocycles. The first kappa shape index (κ1) is 12.4. The highest BCUT2D eigenvalue weighted by atomic mass is 32.1. The molecule has 1 atom stereocenters. The molecule has 1 aromatic heterocycles. The van der Waals surface area contributed by atoms with Crippen LogP contribution in [-0.2, 0) is 9.53 Å². The monoisotopic (exact) mass is 254 g/mol. The number of methoxy groups -OCH3 is 1. The zero-order valence-corrected chi connectivity index (χ0v) is 11.3. The molecular weight excluding hydrogens is 236 g/mol. The number of esters is 1. The van der Waals surface area contributed by atoms with E-state index in [4.69, 9.17) is 4.74 Å². The molecule has 0 spiro atoms. The molecule has 0 bridgehead atoms. The molecule has 2 heterocycles. The van der Waals surface area contributed by atoms with E-state index in [0.29, 0.717) is 0 Å². The Kier molecular flexibility index (Phi) is 3.66. The summed E-state index contributed by atoms with van der Waals surface area (Å²) in [4.78, 5) is 19.6. The van der Waals surface area contributed by atoms with Crippen LogP contribution < -0.4 is 4.90 Å². The van der Waals surface area contributed by atoms with Gasteiger partial charge in [-0.3, -0.25) is 4.79 Å². The quantitative estimate of drug-likeness (QED) is 0.758. The number of hydrogen-bond acceptors (Lipinski definition) is 5. The molecule has 1 fully saturated rings. The van der Waals surface area contributed by atoms with E-state index >= 15 is 0 Å². The van der Waals surface area contributed by atoms with Crippen molar-refractivity contribution < 1.29 is 9.53 Å². The zero-order valence-electron chi connectivity index (χ0n) is 10.5. The number of carbonyl (C=O) groups is 1. The Labute approximate surface area is 106 Å². The number of rotatable bonds is 2. The molecule has 2 rings (SSSR count). The minimum atomic E-state index is -0.0975. The van der Waals surface area contributed by atoms with Gasteiger partial charge >= 0.3 is 5.97 Å². The first-order chi connectivity index (χ1) is 8.11. The smallest absolute Gasteiger partial charge is 0.310 e. The second-order valence-corrected chi connectivity index (χ2v) is 5.63. The van der Waals surface area contributed by atoms with E-state index in [0.717, 1.165) is 36.8 Å². The molecule has 94 valence electrons. The molecule has 1 unspecified atom stereocenters. The minimum absolute atomic E-state index is 0.00161. The van der Waals surface area contributed by atoms with Gasteiger partial charge in [0.15, 0.2) is 5.13 Å². The van der Waals surface area contributed by atoms with Gasteiger partial charge in [0.2, 0.25) is 0 Å². The lowest BCUT2D eigenvalue weighted by atomic mass is 9.99. The molecule has 1 aliphatic rings. The average Bonchev–Trinajstić information content (AvgIpc) is 2.69. The largest absolute Gasteiger partial charge is 0.469 e. The molecule has 1 aromatic rings. The van der Waals surface area contributed by atoms with E-state index < -0.39 is 0 Å². The second kappa shape index (κ2) is 5.04. The van der Waals surface area contributed by atoms with Crippen LogP contribution in [0.15, 0.2) is 0 Å². The van der Waals surface area contributed by atoms with Crippen LogP contribution in [-0.4, -0.2) is 31.2 Å². The Morgan fingerprint density at radius 1 is 1.53 bits per heavy atom. The van der Waals surface area contributed by atoms with Crippen LogP contribution in [0.2, 0.25) is 0 Å². The number of hydrogen-bond donors (Lipinski definition) is 0. The first-order valence-electron chi connectivity index (χ1n) is 5.88. The summed E-state index contributed by atoms with van der Waals surface area (Å²) in [7, 11) is 1.46. The fourth-order valence-corrected chi connectivity index (χ4v) is 3.05. The summed E-state index contributed by atoms with van der Waals surface area (Å²) in [5.74, 6) is -0.0991. The van der Waals surface area contributed by atoms with Crippen molar-refractivity contribution in [2.45, 2.75) is 26.7 Å². The molecule has 0 amide bonds. The van der Waals surface area contributed by atoms with Crippen molar-refractivity contribution in [3.8, 4) is 0 Å². The van der Waals surface area contributed by atoms with Crippen LogP contribution in [0.4, 0.5) is 5.13 Å². The number of thiazole rings is 1. The van der Waals surface area contributed by atoms with Gasteiger partial charge in [0.1, 0.15) is 0 Å². The number of nitrogens with zero attached hydrogens (tertiary/aromatic N) is 2. The summed E-state index contributed by atoms with van der Waals surface area (Å²) in [6.45, 7) is 5.83. The number of anilines is 1. The Balaban J connectivity index is 2.09. The van der Waals surface area contributed by atoms with Gasteiger partial charge in [-0.05, 0) is 26.7 Å². The van der Waals surface area contributed by atoms with Crippen LogP contribution in [0.3, 0.4) is 0 Å². The summed E-state index contributed by atoms with van der Waals surface area (Å²) in [6, 6.07) is 0. The van der Waals surface area contributed by atoms with Gasteiger partial charge in [-0.1, -0.05) is 0 Å². The van der Waals surface area contributed by atoms with Gasteiger partial charge in [-0.25, -0.2) is 4.98 Å². The van der Waals surface area contributed by atoms with Gasteiger partial charge in [0.05, 0.1) is 18.7 Å². The van der Waals surface area contributed by atoms with E-state index in [2.05, 4.69) is 16.8 Å². The Hall–Kier alpha value is -1.10. The molecule has 0 aliphatic carbocycles. The number of ether oxygens (including phenoxy) is 1. The van der Waals surface area contributed by atoms with Gasteiger partial charge in [-0.2, -0.15) is 0 Å². The lowest BCUT2D eigenvalue weighted by molar-refractivity contribution is -0.145. The predicted octanol–water partition coefficient (Wildman–Crippen LogP) is 2.15. The molecule has 1 saturated heterocycles. The first-order valence-corrected chi connectivity index (χ1v) is 6.70. The number of aryl methyl sites for hydroxylation is 2. The van der Waals surface area contributed by atoms with Crippen LogP contribution in [0.5, 0.6) is 0 Å². The van der Waals surface area contributed by atoms with Crippen molar-refractivity contribution in [1.82, 2.24) is 4.98 Å². The van der Waals surface area contributed by atoms with Crippen molar-refractivity contribution in [1.29, 1.82) is 0 Å². The summed E-state index contributed by atoms with van der Waals surface area (Å²) in [5, 5.41) is 1.04. The molecule has 0 aromatic carbocycles. The number of carbonyl (C=O) groups excluding carboxylic acids is 1. The zero-order chi connectivity index (χ0) is 12.4. The van der Waals surface area contributed by atoms with E-state index in [1.54, 1.807) is 11.3 Å². The highest BCUT2D eigenvalue weighted by Gasteiger charge is 2.27. The third kappa shape index (κ3) is 2.60. The van der Waals surface area contributed by atoms with Crippen molar-refractivity contribution in [3.05, 3.63) is 10.6 Å². The van der Waals surface area contributed by atoms with Crippen LogP contribution >= 0.6 is 11.3 Å². The maximum Gasteiger partial charge on any atom is 0.310 e. The van der Waals surface area contributed by atoms with Crippen LogP contribution in [0.25, 0.3) is 0 Å². The summed E-state index contributed by atoms with van der Waals surface area (Å²) < 4.78 is 4.82. The molecule has 4 nitrogen and oxygen atoms in total. The van der Waals surface area contributed by atoms with Gasteiger partial charge < -0.3 is 9.64 Å². The molecule has 5 heteroatoms. The third-order valence-electron chi connectivity index (χ3n) is 3.24. The summed E-state index contributed by atoms with van der Waals surface area (Å²) in [5.41, 5.74) is 1.09. The molecule has 17 heavy (non-hydrogen) atoms. The van der Waals surface area contributed by atoms with Crippen molar-refractivity contribution in [3.63, 3.8) is 0 Å². The standard InChI is InChI=1S/C12H18N2O2S/c1-8-9(2)17-12(13-8)14-6-4-5-10(7-14)11(15)16-3/h10H,4-7H2,1-3H3. The van der Waals surface area contributed by atoms with Gasteiger partial charge in [-0.15, -0.1) is 11.3 Å². The van der Waals surface area contributed by atoms with Crippen molar-refractivity contribution in [2.24, 2.45) is 5.92 Å². The van der Waals surface area contributed by atoms with Crippen LogP contribution in [0.1, 0.15) is 23.4 Å². The SMILES string of the molecule is COC(=O)C1CCCN(c2nc(C)c(C)s2)C1. The minimum Gasteiger partial charge on any atom is -0.469 e. The number of piperidine rings is 1. The molecule has 0 N–H and O–H groups in total. The lowest BCUT2D eigenvalue weighted by Crippen LogP contribution is -2.39. The predicted molar refractivity (Wildman–Crippen MR) is 68.5 cm³/mol. The Morgan fingerprint density at radius 2 is 2.29 bits per heavy atom. The topological polar surface area (TPSA) is 42.4 Å². The van der Waals surface area contributed by atoms with Crippen molar-refractivity contribution >= 4 is 22.4 Å². The highest BCUT2D eigenvalue weighted by Crippen LogP contribution is 2.29. The third-order valence-corrected chi connectivity index (χ3v) is 4.38. The van der Waals surface area contributed by atoms with E-state index in [9.17, 15) is 4.79 Å². The Morgan fingerprint density at radius 3 is 2.88 bits per heavy atom. The second-order valence-electron chi connectivity index (χ2n) is 4.45.